The summed E-state index contributed by atoms with van der Waals surface area (Å²) < 4.78 is 5.33. The molecule has 0 radical (unpaired) electrons. The van der Waals surface area contributed by atoms with Gasteiger partial charge in [0, 0.05) is 11.1 Å². The average molecular weight is 362 g/mol. The van der Waals surface area contributed by atoms with E-state index in [2.05, 4.69) is 61.3 Å². The van der Waals surface area contributed by atoms with Gasteiger partial charge in [-0.05, 0) is 47.4 Å². The van der Waals surface area contributed by atoms with Crippen molar-refractivity contribution in [3.8, 4) is 5.75 Å². The van der Waals surface area contributed by atoms with Crippen LogP contribution in [0.15, 0.2) is 48.5 Å². The van der Waals surface area contributed by atoms with E-state index in [9.17, 15) is 4.79 Å². The molecule has 0 unspecified atom stereocenters. The number of nitrogens with one attached hydrogen (secondary N) is 1. The number of hydrogen-bond acceptors (Lipinski definition) is 3. The number of amides is 1. The van der Waals surface area contributed by atoms with E-state index < -0.39 is 5.66 Å². The Bertz CT molecular complexity index is 932. The summed E-state index contributed by atoms with van der Waals surface area (Å²) in [7, 11) is 1.67. The van der Waals surface area contributed by atoms with Gasteiger partial charge < -0.3 is 15.0 Å². The first-order valence-electron chi connectivity index (χ1n) is 9.46. The summed E-state index contributed by atoms with van der Waals surface area (Å²) in [6.45, 7) is 6.98. The highest BCUT2D eigenvalue weighted by Gasteiger charge is 2.59. The molecule has 0 bridgehead atoms. The minimum absolute atomic E-state index is 0.0589. The topological polar surface area (TPSA) is 41.6 Å². The van der Waals surface area contributed by atoms with Crippen LogP contribution in [0.3, 0.4) is 0 Å². The number of hydrogen-bond donors (Lipinski definition) is 1. The molecule has 27 heavy (non-hydrogen) atoms. The maximum Gasteiger partial charge on any atom is 0.241 e. The van der Waals surface area contributed by atoms with E-state index in [1.54, 1.807) is 7.11 Å². The van der Waals surface area contributed by atoms with E-state index in [0.29, 0.717) is 6.54 Å². The summed E-state index contributed by atoms with van der Waals surface area (Å²) in [6, 6.07) is 14.6. The number of aryl methyl sites for hydroxylation is 1. The molecule has 0 aromatic heterocycles. The second kappa shape index (κ2) is 6.15. The molecular formula is C23H26N2O2. The van der Waals surface area contributed by atoms with Crippen molar-refractivity contribution in [1.29, 1.82) is 0 Å². The quantitative estimate of drug-likeness (QED) is 0.897. The smallest absolute Gasteiger partial charge is 0.241 e. The highest BCUT2D eigenvalue weighted by molar-refractivity contribution is 5.91. The molecule has 2 aliphatic rings. The summed E-state index contributed by atoms with van der Waals surface area (Å²) in [6.07, 6.45) is 5.22. The lowest BCUT2D eigenvalue weighted by molar-refractivity contribution is -0.118. The zero-order valence-electron chi connectivity index (χ0n) is 16.4. The monoisotopic (exact) mass is 362 g/mol. The first-order valence-corrected chi connectivity index (χ1v) is 9.46. The van der Waals surface area contributed by atoms with E-state index in [4.69, 9.17) is 4.74 Å². The van der Waals surface area contributed by atoms with Gasteiger partial charge >= 0.3 is 0 Å². The van der Waals surface area contributed by atoms with Gasteiger partial charge in [0.25, 0.3) is 0 Å². The van der Waals surface area contributed by atoms with Gasteiger partial charge in [-0.1, -0.05) is 51.1 Å². The van der Waals surface area contributed by atoms with Crippen LogP contribution in [0.5, 0.6) is 5.75 Å². The van der Waals surface area contributed by atoms with Crippen LogP contribution in [0.1, 0.15) is 37.5 Å². The summed E-state index contributed by atoms with van der Waals surface area (Å²) in [5.41, 5.74) is 3.98. The van der Waals surface area contributed by atoms with Gasteiger partial charge in [0.1, 0.15) is 11.4 Å². The maximum absolute atomic E-state index is 12.4. The lowest BCUT2D eigenvalue weighted by Crippen LogP contribution is -2.58. The van der Waals surface area contributed by atoms with Crippen LogP contribution in [-0.2, 0) is 16.6 Å². The average Bonchev–Trinajstić information content (AvgIpc) is 3.10. The molecule has 4 heteroatoms. The van der Waals surface area contributed by atoms with Crippen molar-refractivity contribution in [1.82, 2.24) is 5.32 Å². The third-order valence-electron chi connectivity index (χ3n) is 6.05. The Balaban J connectivity index is 1.81. The van der Waals surface area contributed by atoms with Gasteiger partial charge in [0.05, 0.1) is 13.7 Å². The van der Waals surface area contributed by atoms with Crippen molar-refractivity contribution < 1.29 is 9.53 Å². The van der Waals surface area contributed by atoms with Crippen molar-refractivity contribution in [2.45, 2.75) is 38.3 Å². The summed E-state index contributed by atoms with van der Waals surface area (Å²) >= 11 is 0. The lowest BCUT2D eigenvalue weighted by atomic mass is 9.75. The Morgan fingerprint density at radius 1 is 1.22 bits per heavy atom. The second-order valence-electron chi connectivity index (χ2n) is 7.84. The molecule has 1 amide bonds. The van der Waals surface area contributed by atoms with Gasteiger partial charge in [-0.25, -0.2) is 0 Å². The molecule has 140 valence electrons. The first-order chi connectivity index (χ1) is 12.9. The normalized spacial score (nSPS) is 22.7. The number of carbonyl (C=O) groups excluding carboxylic acids is 1. The van der Waals surface area contributed by atoms with Gasteiger partial charge in [-0.2, -0.15) is 0 Å². The molecular weight excluding hydrogens is 336 g/mol. The molecule has 2 heterocycles. The van der Waals surface area contributed by atoms with Crippen LogP contribution in [0.2, 0.25) is 0 Å². The molecule has 1 saturated heterocycles. The number of benzene rings is 2. The molecule has 1 atom stereocenters. The predicted octanol–water partition coefficient (Wildman–Crippen LogP) is 3.89. The van der Waals surface area contributed by atoms with E-state index in [1.807, 2.05) is 24.3 Å². The van der Waals surface area contributed by atoms with Gasteiger partial charge in [-0.15, -0.1) is 0 Å². The number of rotatable bonds is 4. The largest absolute Gasteiger partial charge is 0.497 e. The molecule has 1 N–H and O–H groups in total. The second-order valence-corrected chi connectivity index (χ2v) is 7.84. The highest BCUT2D eigenvalue weighted by atomic mass is 16.5. The maximum atomic E-state index is 12.4. The number of ether oxygens (including phenoxy) is 1. The minimum Gasteiger partial charge on any atom is -0.497 e. The number of nitrogens with zero attached hydrogens (tertiary/aromatic N) is 1. The Kier molecular flexibility index (Phi) is 4.02. The van der Waals surface area contributed by atoms with Crippen LogP contribution >= 0.6 is 0 Å². The SMILES string of the molecule is CCc1ccc2c(c1)C(C)(C)[C@@]1(/C=C/c3cccc(OC)c3)NC(=O)CN21. The third kappa shape index (κ3) is 2.54. The summed E-state index contributed by atoms with van der Waals surface area (Å²) in [5.74, 6) is 0.882. The number of anilines is 1. The van der Waals surface area contributed by atoms with Crippen LogP contribution in [0.4, 0.5) is 5.69 Å². The van der Waals surface area contributed by atoms with Crippen molar-refractivity contribution >= 4 is 17.7 Å². The van der Waals surface area contributed by atoms with Gasteiger partial charge in [-0.3, -0.25) is 4.79 Å². The van der Waals surface area contributed by atoms with Crippen molar-refractivity contribution in [2.75, 3.05) is 18.6 Å². The van der Waals surface area contributed by atoms with E-state index >= 15 is 0 Å². The highest BCUT2D eigenvalue weighted by Crippen LogP contribution is 2.53. The zero-order valence-corrected chi connectivity index (χ0v) is 16.4. The molecule has 0 aliphatic carbocycles. The Hall–Kier alpha value is -2.75. The minimum atomic E-state index is -0.568. The fraction of sp³-hybridized carbons (Fsp3) is 0.348. The number of carbonyl (C=O) groups is 1. The first kappa shape index (κ1) is 17.7. The van der Waals surface area contributed by atoms with Crippen LogP contribution in [0.25, 0.3) is 6.08 Å². The summed E-state index contributed by atoms with van der Waals surface area (Å²) in [4.78, 5) is 14.6. The van der Waals surface area contributed by atoms with Crippen LogP contribution < -0.4 is 15.0 Å². The van der Waals surface area contributed by atoms with Crippen LogP contribution in [-0.4, -0.2) is 25.2 Å². The fourth-order valence-electron chi connectivity index (χ4n) is 4.40. The van der Waals surface area contributed by atoms with Crippen molar-refractivity contribution in [2.24, 2.45) is 0 Å². The number of methoxy groups -OCH3 is 1. The van der Waals surface area contributed by atoms with Gasteiger partial charge in [0.15, 0.2) is 0 Å². The molecule has 2 aromatic rings. The molecule has 2 aromatic carbocycles. The van der Waals surface area contributed by atoms with Gasteiger partial charge in [0.2, 0.25) is 5.91 Å². The van der Waals surface area contributed by atoms with Crippen molar-refractivity contribution in [3.05, 3.63) is 65.2 Å². The van der Waals surface area contributed by atoms with Crippen molar-refractivity contribution in [3.63, 3.8) is 0 Å². The molecule has 1 fully saturated rings. The molecule has 0 saturated carbocycles. The standard InChI is InChI=1S/C23H26N2O2/c1-5-16-9-10-20-19(14-16)22(2,3)23(24-21(26)15-25(20)23)12-11-17-7-6-8-18(13-17)27-4/h6-14H,5,15H2,1-4H3,(H,24,26)/b12-11+/t23-/m0/s1. The lowest BCUT2D eigenvalue weighted by Gasteiger charge is -2.40. The Labute approximate surface area is 160 Å². The van der Waals surface area contributed by atoms with E-state index in [0.717, 1.165) is 23.4 Å². The Morgan fingerprint density at radius 2 is 2.04 bits per heavy atom. The molecule has 2 aliphatic heterocycles. The van der Waals surface area contributed by atoms with E-state index in [-0.39, 0.29) is 11.3 Å². The molecule has 0 spiro atoms. The molecule has 4 rings (SSSR count). The third-order valence-corrected chi connectivity index (χ3v) is 6.05. The summed E-state index contributed by atoms with van der Waals surface area (Å²) in [5, 5.41) is 3.27. The number of fused-ring (bicyclic) bond motifs is 3. The predicted molar refractivity (Wildman–Crippen MR) is 109 cm³/mol. The zero-order chi connectivity index (χ0) is 19.2. The Morgan fingerprint density at radius 3 is 2.78 bits per heavy atom. The van der Waals surface area contributed by atoms with E-state index in [1.165, 1.54) is 11.1 Å². The fourth-order valence-corrected chi connectivity index (χ4v) is 4.40. The van der Waals surface area contributed by atoms with Crippen LogP contribution in [0, 0.1) is 0 Å². The molecule has 4 nitrogen and oxygen atoms in total.